The third-order valence-electron chi connectivity index (χ3n) is 4.80. The molecule has 1 radical (unpaired) electrons. The number of benzene rings is 2. The van der Waals surface area contributed by atoms with Crippen LogP contribution in [0.4, 0.5) is 0 Å². The molecule has 0 aliphatic heterocycles. The Balaban J connectivity index is 2.11. The minimum absolute atomic E-state index is 0.199. The van der Waals surface area contributed by atoms with Gasteiger partial charge in [-0.05, 0) is 51.6 Å². The first kappa shape index (κ1) is 16.1. The predicted molar refractivity (Wildman–Crippen MR) is 101 cm³/mol. The second kappa shape index (κ2) is 5.67. The highest BCUT2D eigenvalue weighted by atomic mass is 14.3. The van der Waals surface area contributed by atoms with E-state index in [1.807, 2.05) is 0 Å². The van der Waals surface area contributed by atoms with E-state index >= 15 is 0 Å². The average molecular weight is 303 g/mol. The Bertz CT molecular complexity index is 750. The van der Waals surface area contributed by atoms with Crippen molar-refractivity contribution in [3.05, 3.63) is 71.1 Å². The summed E-state index contributed by atoms with van der Waals surface area (Å²) in [6.45, 7) is 13.6. The Morgan fingerprint density at radius 1 is 0.870 bits per heavy atom. The van der Waals surface area contributed by atoms with Crippen LogP contribution >= 0.6 is 0 Å². The van der Waals surface area contributed by atoms with Crippen LogP contribution in [0, 0.1) is 12.3 Å². The second-order valence-corrected chi connectivity index (χ2v) is 7.99. The van der Waals surface area contributed by atoms with Crippen molar-refractivity contribution in [3.8, 4) is 11.1 Å². The first-order valence-corrected chi connectivity index (χ1v) is 8.59. The maximum absolute atomic E-state index is 2.33. The van der Waals surface area contributed by atoms with Gasteiger partial charge in [0.25, 0.3) is 0 Å². The summed E-state index contributed by atoms with van der Waals surface area (Å²) < 4.78 is 0. The molecule has 0 unspecified atom stereocenters. The molecule has 0 heteroatoms. The molecule has 1 aliphatic carbocycles. The average Bonchev–Trinajstić information content (AvgIpc) is 2.82. The molecule has 0 nitrogen and oxygen atoms in total. The van der Waals surface area contributed by atoms with Gasteiger partial charge >= 0.3 is 0 Å². The van der Waals surface area contributed by atoms with E-state index in [4.69, 9.17) is 0 Å². The van der Waals surface area contributed by atoms with Crippen molar-refractivity contribution in [1.82, 2.24) is 0 Å². The summed E-state index contributed by atoms with van der Waals surface area (Å²) in [5.41, 5.74) is 9.97. The topological polar surface area (TPSA) is 0 Å². The monoisotopic (exact) mass is 303 g/mol. The lowest BCUT2D eigenvalue weighted by atomic mass is 9.84. The molecule has 0 aromatic heterocycles. The van der Waals surface area contributed by atoms with E-state index in [2.05, 4.69) is 90.4 Å². The van der Waals surface area contributed by atoms with E-state index in [0.29, 0.717) is 5.92 Å². The highest BCUT2D eigenvalue weighted by Crippen LogP contribution is 2.43. The van der Waals surface area contributed by atoms with Gasteiger partial charge in [-0.1, -0.05) is 82.7 Å². The molecule has 0 N–H and O–H groups in total. The normalized spacial score (nSPS) is 14.6. The van der Waals surface area contributed by atoms with Crippen LogP contribution in [-0.2, 0) is 5.41 Å². The molecule has 0 bridgehead atoms. The van der Waals surface area contributed by atoms with Gasteiger partial charge in [0.2, 0.25) is 0 Å². The summed E-state index contributed by atoms with van der Waals surface area (Å²) in [5.74, 6) is 0.544. The van der Waals surface area contributed by atoms with E-state index in [0.717, 1.165) is 0 Å². The zero-order chi connectivity index (χ0) is 16.8. The van der Waals surface area contributed by atoms with E-state index in [1.165, 1.54) is 39.0 Å². The SMILES string of the molecule is CC1=C(C(C)C)c2c(cccc2-c2ccc(C(C)(C)C)cc2)[CH]1. The number of rotatable bonds is 2. The van der Waals surface area contributed by atoms with Gasteiger partial charge in [-0.2, -0.15) is 0 Å². The molecule has 3 rings (SSSR count). The summed E-state index contributed by atoms with van der Waals surface area (Å²) >= 11 is 0. The molecule has 0 heterocycles. The van der Waals surface area contributed by atoms with Gasteiger partial charge in [-0.3, -0.25) is 0 Å². The fourth-order valence-electron chi connectivity index (χ4n) is 3.63. The first-order valence-electron chi connectivity index (χ1n) is 8.59. The molecular weight excluding hydrogens is 276 g/mol. The largest absolute Gasteiger partial charge is 0.0613 e. The zero-order valence-electron chi connectivity index (χ0n) is 15.2. The third kappa shape index (κ3) is 2.87. The smallest absolute Gasteiger partial charge is 0.0164 e. The predicted octanol–water partition coefficient (Wildman–Crippen LogP) is 6.65. The van der Waals surface area contributed by atoms with Crippen molar-refractivity contribution in [3.63, 3.8) is 0 Å². The van der Waals surface area contributed by atoms with Crippen LogP contribution in [0.1, 0.15) is 58.2 Å². The Morgan fingerprint density at radius 3 is 2.09 bits per heavy atom. The minimum Gasteiger partial charge on any atom is -0.0613 e. The van der Waals surface area contributed by atoms with Crippen LogP contribution in [0.2, 0.25) is 0 Å². The highest BCUT2D eigenvalue weighted by molar-refractivity contribution is 5.90. The zero-order valence-corrected chi connectivity index (χ0v) is 15.2. The number of fused-ring (bicyclic) bond motifs is 1. The van der Waals surface area contributed by atoms with Crippen LogP contribution in [-0.4, -0.2) is 0 Å². The maximum atomic E-state index is 2.33. The number of allylic oxidation sites excluding steroid dienone is 2. The molecule has 119 valence electrons. The first-order chi connectivity index (χ1) is 10.8. The molecule has 0 atom stereocenters. The van der Waals surface area contributed by atoms with Crippen molar-refractivity contribution >= 4 is 5.57 Å². The summed E-state index contributed by atoms with van der Waals surface area (Å²) in [4.78, 5) is 0. The summed E-state index contributed by atoms with van der Waals surface area (Å²) in [7, 11) is 0. The minimum atomic E-state index is 0.199. The third-order valence-corrected chi connectivity index (χ3v) is 4.80. The molecule has 2 aromatic rings. The van der Waals surface area contributed by atoms with Gasteiger partial charge in [-0.15, -0.1) is 0 Å². The molecule has 2 aromatic carbocycles. The quantitative estimate of drug-likeness (QED) is 0.583. The molecule has 0 spiro atoms. The summed E-state index contributed by atoms with van der Waals surface area (Å²) in [6.07, 6.45) is 2.33. The van der Waals surface area contributed by atoms with E-state index in [9.17, 15) is 0 Å². The van der Waals surface area contributed by atoms with Gasteiger partial charge in [0.15, 0.2) is 0 Å². The molecule has 0 saturated heterocycles. The molecular formula is C23H27. The summed E-state index contributed by atoms with van der Waals surface area (Å²) in [5, 5.41) is 0. The van der Waals surface area contributed by atoms with E-state index in [1.54, 1.807) is 0 Å². The van der Waals surface area contributed by atoms with Crippen molar-refractivity contribution in [2.75, 3.05) is 0 Å². The standard InChI is InChI=1S/C23H27/c1-15(2)21-16(3)14-18-8-7-9-20(22(18)21)17-10-12-19(13-11-17)23(4,5)6/h7-15H,1-6H3. The lowest BCUT2D eigenvalue weighted by Crippen LogP contribution is -2.10. The van der Waals surface area contributed by atoms with E-state index < -0.39 is 0 Å². The van der Waals surface area contributed by atoms with E-state index in [-0.39, 0.29) is 5.41 Å². The Morgan fingerprint density at radius 2 is 1.52 bits per heavy atom. The van der Waals surface area contributed by atoms with Crippen molar-refractivity contribution in [2.24, 2.45) is 5.92 Å². The number of hydrogen-bond acceptors (Lipinski definition) is 0. The lowest BCUT2D eigenvalue weighted by molar-refractivity contribution is 0.590. The van der Waals surface area contributed by atoms with Gasteiger partial charge in [0.05, 0.1) is 0 Å². The fraction of sp³-hybridized carbons (Fsp3) is 0.348. The fourth-order valence-corrected chi connectivity index (χ4v) is 3.63. The lowest BCUT2D eigenvalue weighted by Gasteiger charge is -2.20. The van der Waals surface area contributed by atoms with Crippen LogP contribution in [0.15, 0.2) is 48.0 Å². The van der Waals surface area contributed by atoms with Crippen molar-refractivity contribution in [1.29, 1.82) is 0 Å². The molecule has 0 amide bonds. The summed E-state index contributed by atoms with van der Waals surface area (Å²) in [6, 6.07) is 15.8. The second-order valence-electron chi connectivity index (χ2n) is 7.99. The van der Waals surface area contributed by atoms with Gasteiger partial charge in [-0.25, -0.2) is 0 Å². The molecule has 0 saturated carbocycles. The van der Waals surface area contributed by atoms with Crippen LogP contribution in [0.25, 0.3) is 16.7 Å². The van der Waals surface area contributed by atoms with Gasteiger partial charge in [0.1, 0.15) is 0 Å². The van der Waals surface area contributed by atoms with Crippen LogP contribution in [0.5, 0.6) is 0 Å². The van der Waals surface area contributed by atoms with Crippen molar-refractivity contribution < 1.29 is 0 Å². The van der Waals surface area contributed by atoms with Crippen LogP contribution in [0.3, 0.4) is 0 Å². The Hall–Kier alpha value is -1.82. The Labute approximate surface area is 141 Å². The van der Waals surface area contributed by atoms with Crippen molar-refractivity contribution in [2.45, 2.75) is 47.0 Å². The Kier molecular flexibility index (Phi) is 3.96. The maximum Gasteiger partial charge on any atom is 0.0164 e. The molecule has 0 fully saturated rings. The molecule has 23 heavy (non-hydrogen) atoms. The molecule has 1 aliphatic rings. The number of hydrogen-bond donors (Lipinski definition) is 0. The highest BCUT2D eigenvalue weighted by Gasteiger charge is 2.24. The van der Waals surface area contributed by atoms with Gasteiger partial charge in [0, 0.05) is 6.42 Å². The van der Waals surface area contributed by atoms with Crippen LogP contribution < -0.4 is 0 Å². The van der Waals surface area contributed by atoms with Gasteiger partial charge < -0.3 is 0 Å².